The summed E-state index contributed by atoms with van der Waals surface area (Å²) in [5.74, 6) is 4.41. The summed E-state index contributed by atoms with van der Waals surface area (Å²) < 4.78 is 13.8. The van der Waals surface area contributed by atoms with Crippen molar-refractivity contribution >= 4 is 5.91 Å². The van der Waals surface area contributed by atoms with Crippen molar-refractivity contribution in [3.63, 3.8) is 0 Å². The Balaban J connectivity index is 2.88. The standard InChI is InChI=1S/C16H21FN2O/c1-11(16(2,3)4)19-15(20)13-8-7-12(6-5-9-18)14(17)10-13/h7-8,10-11H,9,18H2,1-4H3,(H,19,20). The van der Waals surface area contributed by atoms with Crippen LogP contribution in [0.3, 0.4) is 0 Å². The zero-order valence-corrected chi connectivity index (χ0v) is 12.4. The van der Waals surface area contributed by atoms with Crippen LogP contribution in [0.25, 0.3) is 0 Å². The molecule has 1 aromatic carbocycles. The highest BCUT2D eigenvalue weighted by molar-refractivity contribution is 5.94. The van der Waals surface area contributed by atoms with Crippen LogP contribution in [-0.4, -0.2) is 18.5 Å². The molecule has 0 radical (unpaired) electrons. The molecule has 1 unspecified atom stereocenters. The van der Waals surface area contributed by atoms with Crippen molar-refractivity contribution in [1.82, 2.24) is 5.32 Å². The normalized spacial score (nSPS) is 12.3. The van der Waals surface area contributed by atoms with Crippen LogP contribution in [0.2, 0.25) is 0 Å². The Morgan fingerprint density at radius 1 is 1.45 bits per heavy atom. The lowest BCUT2D eigenvalue weighted by Crippen LogP contribution is -2.41. The Morgan fingerprint density at radius 2 is 2.10 bits per heavy atom. The summed E-state index contributed by atoms with van der Waals surface area (Å²) >= 11 is 0. The first-order valence-corrected chi connectivity index (χ1v) is 6.55. The van der Waals surface area contributed by atoms with Crippen LogP contribution in [0.5, 0.6) is 0 Å². The van der Waals surface area contributed by atoms with Crippen LogP contribution in [0, 0.1) is 23.1 Å². The Morgan fingerprint density at radius 3 is 2.60 bits per heavy atom. The average molecular weight is 276 g/mol. The fourth-order valence-corrected chi connectivity index (χ4v) is 1.40. The number of carbonyl (C=O) groups is 1. The molecule has 1 rings (SSSR count). The van der Waals surface area contributed by atoms with Gasteiger partial charge in [-0.15, -0.1) is 0 Å². The summed E-state index contributed by atoms with van der Waals surface area (Å²) in [6.07, 6.45) is 0. The maximum Gasteiger partial charge on any atom is 0.251 e. The van der Waals surface area contributed by atoms with E-state index in [1.807, 2.05) is 27.7 Å². The molecule has 20 heavy (non-hydrogen) atoms. The number of halogens is 1. The van der Waals surface area contributed by atoms with Crippen molar-refractivity contribution in [2.24, 2.45) is 11.1 Å². The van der Waals surface area contributed by atoms with Crippen LogP contribution < -0.4 is 11.1 Å². The number of hydrogen-bond acceptors (Lipinski definition) is 2. The molecule has 0 spiro atoms. The Bertz CT molecular complexity index is 550. The van der Waals surface area contributed by atoms with E-state index in [-0.39, 0.29) is 35.0 Å². The predicted molar refractivity (Wildman–Crippen MR) is 78.7 cm³/mol. The van der Waals surface area contributed by atoms with Gasteiger partial charge in [0.1, 0.15) is 5.82 Å². The van der Waals surface area contributed by atoms with Gasteiger partial charge in [-0.1, -0.05) is 32.6 Å². The SMILES string of the molecule is CC(NC(=O)c1ccc(C#CCN)c(F)c1)C(C)(C)C. The number of hydrogen-bond donors (Lipinski definition) is 2. The van der Waals surface area contributed by atoms with Gasteiger partial charge in [0.2, 0.25) is 0 Å². The van der Waals surface area contributed by atoms with E-state index < -0.39 is 5.82 Å². The van der Waals surface area contributed by atoms with E-state index in [9.17, 15) is 9.18 Å². The maximum absolute atomic E-state index is 13.8. The average Bonchev–Trinajstić information content (AvgIpc) is 2.36. The second-order valence-corrected chi connectivity index (χ2v) is 5.76. The van der Waals surface area contributed by atoms with E-state index in [4.69, 9.17) is 5.73 Å². The van der Waals surface area contributed by atoms with Gasteiger partial charge in [-0.25, -0.2) is 4.39 Å². The minimum Gasteiger partial charge on any atom is -0.349 e. The highest BCUT2D eigenvalue weighted by Crippen LogP contribution is 2.19. The number of benzene rings is 1. The molecule has 4 heteroatoms. The van der Waals surface area contributed by atoms with E-state index in [0.29, 0.717) is 0 Å². The van der Waals surface area contributed by atoms with Gasteiger partial charge in [-0.05, 0) is 30.5 Å². The minimum absolute atomic E-state index is 0.0187. The maximum atomic E-state index is 13.8. The lowest BCUT2D eigenvalue weighted by molar-refractivity contribution is 0.0909. The molecule has 0 aliphatic carbocycles. The van der Waals surface area contributed by atoms with Gasteiger partial charge in [0.15, 0.2) is 0 Å². The third kappa shape index (κ3) is 4.36. The summed E-state index contributed by atoms with van der Waals surface area (Å²) in [6, 6.07) is 4.24. The first kappa shape index (κ1) is 16.2. The highest BCUT2D eigenvalue weighted by Gasteiger charge is 2.22. The smallest absolute Gasteiger partial charge is 0.251 e. The van der Waals surface area contributed by atoms with E-state index >= 15 is 0 Å². The van der Waals surface area contributed by atoms with Crippen LogP contribution in [0.15, 0.2) is 18.2 Å². The third-order valence-corrected chi connectivity index (χ3v) is 3.20. The van der Waals surface area contributed by atoms with Crippen molar-refractivity contribution in [2.75, 3.05) is 6.54 Å². The van der Waals surface area contributed by atoms with Crippen LogP contribution in [-0.2, 0) is 0 Å². The van der Waals surface area contributed by atoms with Crippen molar-refractivity contribution in [3.8, 4) is 11.8 Å². The van der Waals surface area contributed by atoms with Gasteiger partial charge in [0.05, 0.1) is 12.1 Å². The van der Waals surface area contributed by atoms with Gasteiger partial charge in [-0.3, -0.25) is 4.79 Å². The summed E-state index contributed by atoms with van der Waals surface area (Å²) in [4.78, 5) is 12.0. The summed E-state index contributed by atoms with van der Waals surface area (Å²) in [6.45, 7) is 8.19. The monoisotopic (exact) mass is 276 g/mol. The van der Waals surface area contributed by atoms with E-state index in [2.05, 4.69) is 17.2 Å². The molecule has 108 valence electrons. The van der Waals surface area contributed by atoms with Crippen molar-refractivity contribution in [3.05, 3.63) is 35.1 Å². The second kappa shape index (κ2) is 6.53. The lowest BCUT2D eigenvalue weighted by atomic mass is 9.88. The van der Waals surface area contributed by atoms with Gasteiger partial charge >= 0.3 is 0 Å². The second-order valence-electron chi connectivity index (χ2n) is 5.76. The van der Waals surface area contributed by atoms with Crippen LogP contribution >= 0.6 is 0 Å². The molecule has 0 fully saturated rings. The van der Waals surface area contributed by atoms with Crippen molar-refractivity contribution in [1.29, 1.82) is 0 Å². The highest BCUT2D eigenvalue weighted by atomic mass is 19.1. The minimum atomic E-state index is -0.512. The molecule has 0 aromatic heterocycles. The summed E-state index contributed by atoms with van der Waals surface area (Å²) in [5, 5.41) is 2.86. The Hall–Kier alpha value is -1.86. The largest absolute Gasteiger partial charge is 0.349 e. The molecule has 0 saturated carbocycles. The third-order valence-electron chi connectivity index (χ3n) is 3.20. The summed E-state index contributed by atoms with van der Waals surface area (Å²) in [5.41, 5.74) is 5.72. The van der Waals surface area contributed by atoms with Gasteiger partial charge in [0.25, 0.3) is 5.91 Å². The van der Waals surface area contributed by atoms with E-state index in [1.54, 1.807) is 6.07 Å². The quantitative estimate of drug-likeness (QED) is 0.814. The molecule has 0 aliphatic heterocycles. The molecular weight excluding hydrogens is 255 g/mol. The van der Waals surface area contributed by atoms with E-state index in [1.165, 1.54) is 12.1 Å². The van der Waals surface area contributed by atoms with Gasteiger partial charge in [-0.2, -0.15) is 0 Å². The number of rotatable bonds is 2. The number of amides is 1. The first-order chi connectivity index (χ1) is 9.25. The first-order valence-electron chi connectivity index (χ1n) is 6.55. The topological polar surface area (TPSA) is 55.1 Å². The molecule has 1 atom stereocenters. The Kier molecular flexibility index (Phi) is 5.29. The zero-order valence-electron chi connectivity index (χ0n) is 12.4. The molecule has 0 saturated heterocycles. The zero-order chi connectivity index (χ0) is 15.3. The molecule has 0 bridgehead atoms. The molecule has 0 heterocycles. The van der Waals surface area contributed by atoms with Gasteiger partial charge < -0.3 is 11.1 Å². The molecule has 1 aromatic rings. The number of nitrogens with one attached hydrogen (secondary N) is 1. The fraction of sp³-hybridized carbons (Fsp3) is 0.438. The lowest BCUT2D eigenvalue weighted by Gasteiger charge is -2.28. The predicted octanol–water partition coefficient (Wildman–Crippen LogP) is 2.30. The molecule has 3 N–H and O–H groups in total. The van der Waals surface area contributed by atoms with Crippen molar-refractivity contribution in [2.45, 2.75) is 33.7 Å². The number of nitrogens with two attached hydrogens (primary N) is 1. The summed E-state index contributed by atoms with van der Waals surface area (Å²) in [7, 11) is 0. The molecule has 1 amide bonds. The van der Waals surface area contributed by atoms with E-state index in [0.717, 1.165) is 0 Å². The Labute approximate surface area is 119 Å². The molecule has 0 aliphatic rings. The molecular formula is C16H21FN2O. The number of carbonyl (C=O) groups excluding carboxylic acids is 1. The van der Waals surface area contributed by atoms with Crippen LogP contribution in [0.4, 0.5) is 4.39 Å². The van der Waals surface area contributed by atoms with Crippen molar-refractivity contribution < 1.29 is 9.18 Å². The van der Waals surface area contributed by atoms with Gasteiger partial charge in [0, 0.05) is 11.6 Å². The van der Waals surface area contributed by atoms with Crippen LogP contribution in [0.1, 0.15) is 43.6 Å². The fourth-order valence-electron chi connectivity index (χ4n) is 1.40. The molecule has 3 nitrogen and oxygen atoms in total.